The van der Waals surface area contributed by atoms with Crippen LogP contribution in [0.3, 0.4) is 0 Å². The maximum absolute atomic E-state index is 12.4. The van der Waals surface area contributed by atoms with E-state index in [0.717, 1.165) is 0 Å². The Morgan fingerprint density at radius 1 is 1.19 bits per heavy atom. The van der Waals surface area contributed by atoms with Gasteiger partial charge in [-0.25, -0.2) is 4.57 Å². The number of hydrogen-bond acceptors (Lipinski definition) is 6. The van der Waals surface area contributed by atoms with Gasteiger partial charge in [0.25, 0.3) is 0 Å². The average molecular weight is 411 g/mol. The first-order chi connectivity index (χ1) is 12.2. The predicted octanol–water partition coefficient (Wildman–Crippen LogP) is 1.70. The summed E-state index contributed by atoms with van der Waals surface area (Å²) in [5.41, 5.74) is -0.772. The molecule has 0 aliphatic heterocycles. The fourth-order valence-electron chi connectivity index (χ4n) is 2.37. The number of quaternary nitrogens is 1. The summed E-state index contributed by atoms with van der Waals surface area (Å²) in [7, 11) is 1.63. The highest BCUT2D eigenvalue weighted by Crippen LogP contribution is 2.42. The van der Waals surface area contributed by atoms with Crippen LogP contribution in [0.1, 0.15) is 40.5 Å². The highest BCUT2D eigenvalue weighted by atomic mass is 31.2. The monoisotopic (exact) mass is 411 g/mol. The number of nitrogens with zero attached hydrogens (tertiary/aromatic N) is 1. The molecule has 0 aliphatic carbocycles. The molecule has 1 amide bonds. The molecule has 0 aromatic rings. The molecule has 0 aromatic heterocycles. The molecular formula is C17H36N2O7P+. The van der Waals surface area contributed by atoms with Gasteiger partial charge in [0.05, 0.1) is 33.2 Å². The molecule has 0 bridgehead atoms. The van der Waals surface area contributed by atoms with E-state index in [0.29, 0.717) is 23.9 Å². The number of esters is 1. The topological polar surface area (TPSA) is 111 Å². The van der Waals surface area contributed by atoms with Crippen LogP contribution in [0.15, 0.2) is 0 Å². The van der Waals surface area contributed by atoms with Crippen molar-refractivity contribution < 1.29 is 37.3 Å². The van der Waals surface area contributed by atoms with Gasteiger partial charge >= 0.3 is 13.8 Å². The second kappa shape index (κ2) is 11.1. The Labute approximate surface area is 162 Å². The number of carbonyl (C=O) groups is 2. The Balaban J connectivity index is 4.35. The van der Waals surface area contributed by atoms with Crippen molar-refractivity contribution in [1.82, 2.24) is 5.32 Å². The lowest BCUT2D eigenvalue weighted by molar-refractivity contribution is -0.870. The maximum Gasteiger partial charge on any atom is 0.472 e. The van der Waals surface area contributed by atoms with E-state index in [-0.39, 0.29) is 31.8 Å². The third-order valence-corrected chi connectivity index (χ3v) is 5.08. The smallest absolute Gasteiger partial charge is 0.463 e. The molecule has 9 nitrogen and oxygen atoms in total. The van der Waals surface area contributed by atoms with Gasteiger partial charge in [0.15, 0.2) is 0 Å². The van der Waals surface area contributed by atoms with Crippen LogP contribution < -0.4 is 5.32 Å². The highest BCUT2D eigenvalue weighted by Gasteiger charge is 2.35. The van der Waals surface area contributed by atoms with Crippen molar-refractivity contribution in [3.63, 3.8) is 0 Å². The molecule has 0 aromatic carbocycles. The van der Waals surface area contributed by atoms with Gasteiger partial charge in [-0.05, 0) is 26.7 Å². The zero-order chi connectivity index (χ0) is 21.3. The number of amides is 1. The fourth-order valence-corrected chi connectivity index (χ4v) is 3.07. The summed E-state index contributed by atoms with van der Waals surface area (Å²) < 4.78 is 27.3. The molecule has 0 spiro atoms. The largest absolute Gasteiger partial charge is 0.472 e. The summed E-state index contributed by atoms with van der Waals surface area (Å²) in [5, 5.41) is 2.75. The Morgan fingerprint density at radius 2 is 1.74 bits per heavy atom. The molecule has 2 N–H and O–H groups in total. The van der Waals surface area contributed by atoms with E-state index < -0.39 is 19.2 Å². The molecule has 27 heavy (non-hydrogen) atoms. The van der Waals surface area contributed by atoms with Gasteiger partial charge in [-0.2, -0.15) is 0 Å². The van der Waals surface area contributed by atoms with E-state index in [4.69, 9.17) is 13.8 Å². The number of phosphoric acid groups is 1. The number of rotatable bonds is 13. The van der Waals surface area contributed by atoms with Crippen LogP contribution in [0.4, 0.5) is 0 Å². The standard InChI is InChI=1S/C17H35N2O7P/c1-8-17(4,13-14(2)18-15(3)20)16(21)24-11-12-26-27(22,23)25-10-9-19(5,6)7/h14H,8-13H2,1-7H3,(H-,18,20,22,23)/p+1. The van der Waals surface area contributed by atoms with Crippen molar-refractivity contribution in [2.24, 2.45) is 5.41 Å². The summed E-state index contributed by atoms with van der Waals surface area (Å²) in [6.45, 7) is 7.08. The van der Waals surface area contributed by atoms with Crippen molar-refractivity contribution in [2.75, 3.05) is 47.5 Å². The van der Waals surface area contributed by atoms with E-state index in [1.165, 1.54) is 6.92 Å². The second-order valence-electron chi connectivity index (χ2n) is 8.00. The van der Waals surface area contributed by atoms with Gasteiger partial charge < -0.3 is 19.4 Å². The van der Waals surface area contributed by atoms with Crippen molar-refractivity contribution in [3.05, 3.63) is 0 Å². The fraction of sp³-hybridized carbons (Fsp3) is 0.882. The molecule has 0 saturated heterocycles. The van der Waals surface area contributed by atoms with E-state index in [1.807, 2.05) is 35.0 Å². The van der Waals surface area contributed by atoms with Crippen LogP contribution in [0.2, 0.25) is 0 Å². The van der Waals surface area contributed by atoms with Gasteiger partial charge in [0.1, 0.15) is 19.8 Å². The number of ether oxygens (including phenoxy) is 1. The summed E-state index contributed by atoms with van der Waals surface area (Å²) in [5.74, 6) is -0.601. The van der Waals surface area contributed by atoms with Crippen molar-refractivity contribution in [2.45, 2.75) is 46.6 Å². The lowest BCUT2D eigenvalue weighted by Gasteiger charge is -2.29. The number of carbonyl (C=O) groups excluding carboxylic acids is 2. The average Bonchev–Trinajstić information content (AvgIpc) is 2.48. The molecule has 0 radical (unpaired) electrons. The Bertz CT molecular complexity index is 536. The normalized spacial score (nSPS) is 17.5. The predicted molar refractivity (Wildman–Crippen MR) is 102 cm³/mol. The summed E-state index contributed by atoms with van der Waals surface area (Å²) in [6, 6.07) is -0.177. The zero-order valence-electron chi connectivity index (χ0n) is 17.6. The van der Waals surface area contributed by atoms with Gasteiger partial charge in [-0.15, -0.1) is 0 Å². The molecule has 0 heterocycles. The molecule has 3 unspecified atom stereocenters. The quantitative estimate of drug-likeness (QED) is 0.205. The van der Waals surface area contributed by atoms with Crippen LogP contribution in [-0.2, 0) is 27.9 Å². The van der Waals surface area contributed by atoms with Crippen LogP contribution >= 0.6 is 7.82 Å². The highest BCUT2D eigenvalue weighted by molar-refractivity contribution is 7.47. The van der Waals surface area contributed by atoms with E-state index in [2.05, 4.69) is 5.32 Å². The number of hydrogen-bond donors (Lipinski definition) is 2. The van der Waals surface area contributed by atoms with Crippen LogP contribution in [0, 0.1) is 5.41 Å². The second-order valence-corrected chi connectivity index (χ2v) is 9.46. The maximum atomic E-state index is 12.4. The van der Waals surface area contributed by atoms with Crippen molar-refractivity contribution >= 4 is 19.7 Å². The zero-order valence-corrected chi connectivity index (χ0v) is 18.5. The van der Waals surface area contributed by atoms with Gasteiger partial charge in [0.2, 0.25) is 5.91 Å². The minimum absolute atomic E-state index is 0.0754. The van der Waals surface area contributed by atoms with Crippen LogP contribution in [0.25, 0.3) is 0 Å². The Morgan fingerprint density at radius 3 is 2.22 bits per heavy atom. The molecule has 0 rings (SSSR count). The SMILES string of the molecule is CCC(C)(CC(C)NC(C)=O)C(=O)OCCOP(=O)(O)OCC[N+](C)(C)C. The number of nitrogens with one attached hydrogen (secondary N) is 1. The minimum Gasteiger partial charge on any atom is -0.463 e. The Kier molecular flexibility index (Phi) is 10.7. The Hall–Kier alpha value is -0.990. The van der Waals surface area contributed by atoms with Crippen molar-refractivity contribution in [1.29, 1.82) is 0 Å². The first-order valence-corrected chi connectivity index (χ1v) is 10.6. The summed E-state index contributed by atoms with van der Waals surface area (Å²) in [4.78, 5) is 33.1. The summed E-state index contributed by atoms with van der Waals surface area (Å²) >= 11 is 0. The van der Waals surface area contributed by atoms with Gasteiger partial charge in [0, 0.05) is 13.0 Å². The van der Waals surface area contributed by atoms with Gasteiger partial charge in [-0.1, -0.05) is 6.92 Å². The lowest BCUT2D eigenvalue weighted by Crippen LogP contribution is -2.39. The minimum atomic E-state index is -4.17. The molecule has 3 atom stereocenters. The molecule has 160 valence electrons. The van der Waals surface area contributed by atoms with Crippen LogP contribution in [0.5, 0.6) is 0 Å². The molecule has 0 aliphatic rings. The first kappa shape index (κ1) is 26.0. The van der Waals surface area contributed by atoms with E-state index >= 15 is 0 Å². The summed E-state index contributed by atoms with van der Waals surface area (Å²) in [6.07, 6.45) is 0.957. The number of likely N-dealkylation sites (N-methyl/N-ethyl adjacent to an activating group) is 1. The van der Waals surface area contributed by atoms with Crippen LogP contribution in [-0.4, -0.2) is 74.8 Å². The molecule has 0 saturated carbocycles. The van der Waals surface area contributed by atoms with E-state index in [1.54, 1.807) is 6.92 Å². The molecular weight excluding hydrogens is 375 g/mol. The van der Waals surface area contributed by atoms with Gasteiger partial charge in [-0.3, -0.25) is 18.6 Å². The number of phosphoric ester groups is 1. The third-order valence-electron chi connectivity index (χ3n) is 4.07. The third kappa shape index (κ3) is 12.2. The first-order valence-electron chi connectivity index (χ1n) is 9.07. The molecule has 0 fully saturated rings. The van der Waals surface area contributed by atoms with E-state index in [9.17, 15) is 19.0 Å². The van der Waals surface area contributed by atoms with Crippen molar-refractivity contribution in [3.8, 4) is 0 Å². The lowest BCUT2D eigenvalue weighted by atomic mass is 9.81. The molecule has 10 heteroatoms.